The molecule has 1 aliphatic heterocycles. The number of nitrogens with zero attached hydrogens (tertiary/aromatic N) is 3. The van der Waals surface area contributed by atoms with Gasteiger partial charge in [-0.15, -0.1) is 0 Å². The van der Waals surface area contributed by atoms with Gasteiger partial charge in [0.25, 0.3) is 0 Å². The molecular weight excluding hydrogens is 325 g/mol. The molecule has 2 aromatic rings. The van der Waals surface area contributed by atoms with Crippen molar-refractivity contribution in [3.05, 3.63) is 40.4 Å². The Morgan fingerprint density at radius 1 is 1.20 bits per heavy atom. The summed E-state index contributed by atoms with van der Waals surface area (Å²) in [5, 5.41) is 9.36. The Labute approximate surface area is 144 Å². The molecule has 1 aromatic heterocycles. The van der Waals surface area contributed by atoms with E-state index in [1.54, 1.807) is 17.2 Å². The van der Waals surface area contributed by atoms with Crippen LogP contribution < -0.4 is 10.3 Å². The minimum atomic E-state index is -0.502. The molecule has 7 heteroatoms. The van der Waals surface area contributed by atoms with Gasteiger partial charge in [0, 0.05) is 49.9 Å². The maximum Gasteiger partial charge on any atom is 0.248 e. The number of aliphatic hydroxyl groups is 1. The number of aromatic nitrogens is 1. The highest BCUT2D eigenvalue weighted by Crippen LogP contribution is 2.37. The zero-order chi connectivity index (χ0) is 17.6. The van der Waals surface area contributed by atoms with Crippen molar-refractivity contribution in [2.75, 3.05) is 37.7 Å². The van der Waals surface area contributed by atoms with Gasteiger partial charge < -0.3 is 19.5 Å². The summed E-state index contributed by atoms with van der Waals surface area (Å²) in [6, 6.07) is 4.98. The molecule has 0 unspecified atom stereocenters. The van der Waals surface area contributed by atoms with E-state index in [1.807, 2.05) is 4.90 Å². The summed E-state index contributed by atoms with van der Waals surface area (Å²) in [6.45, 7) is 1.38. The van der Waals surface area contributed by atoms with Gasteiger partial charge in [0.2, 0.25) is 5.91 Å². The van der Waals surface area contributed by atoms with Crippen molar-refractivity contribution in [1.29, 1.82) is 0 Å². The van der Waals surface area contributed by atoms with Crippen molar-refractivity contribution in [1.82, 2.24) is 9.47 Å². The molecular formula is C18H20FN3O3. The van der Waals surface area contributed by atoms with Gasteiger partial charge in [0.15, 0.2) is 5.43 Å². The minimum Gasteiger partial charge on any atom is -0.387 e. The second kappa shape index (κ2) is 6.15. The van der Waals surface area contributed by atoms with Crippen LogP contribution in [0.1, 0.15) is 18.9 Å². The fourth-order valence-corrected chi connectivity index (χ4v) is 3.49. The van der Waals surface area contributed by atoms with Gasteiger partial charge in [-0.05, 0) is 25.0 Å². The molecule has 1 aliphatic carbocycles. The summed E-state index contributed by atoms with van der Waals surface area (Å²) in [5.74, 6) is -0.721. The molecule has 1 saturated carbocycles. The number of carbonyl (C=O) groups excluding carboxylic acids is 1. The van der Waals surface area contributed by atoms with Crippen LogP contribution in [0.25, 0.3) is 10.9 Å². The van der Waals surface area contributed by atoms with E-state index >= 15 is 0 Å². The van der Waals surface area contributed by atoms with E-state index in [4.69, 9.17) is 5.11 Å². The molecule has 1 N–H and O–H groups in total. The van der Waals surface area contributed by atoms with Gasteiger partial charge in [-0.25, -0.2) is 4.39 Å². The van der Waals surface area contributed by atoms with Crippen LogP contribution in [0.3, 0.4) is 0 Å². The molecule has 2 aliphatic rings. The molecule has 1 aromatic carbocycles. The summed E-state index contributed by atoms with van der Waals surface area (Å²) in [4.78, 5) is 27.1. The number of anilines is 1. The predicted octanol–water partition coefficient (Wildman–Crippen LogP) is 1.12. The van der Waals surface area contributed by atoms with Crippen LogP contribution in [0.15, 0.2) is 29.2 Å². The Balaban J connectivity index is 1.68. The van der Waals surface area contributed by atoms with Crippen molar-refractivity contribution < 1.29 is 14.3 Å². The fourth-order valence-electron chi connectivity index (χ4n) is 3.49. The largest absolute Gasteiger partial charge is 0.387 e. The van der Waals surface area contributed by atoms with Crippen LogP contribution in [0.4, 0.5) is 10.1 Å². The topological polar surface area (TPSA) is 65.8 Å². The highest BCUT2D eigenvalue weighted by atomic mass is 19.1. The van der Waals surface area contributed by atoms with Crippen molar-refractivity contribution in [3.63, 3.8) is 0 Å². The number of aliphatic hydroxyl groups excluding tert-OH is 1. The average Bonchev–Trinajstić information content (AvgIpc) is 3.46. The zero-order valence-corrected chi connectivity index (χ0v) is 13.8. The van der Waals surface area contributed by atoms with E-state index in [0.717, 1.165) is 18.4 Å². The summed E-state index contributed by atoms with van der Waals surface area (Å²) >= 11 is 0. The Kier molecular flexibility index (Phi) is 3.95. The molecule has 2 heterocycles. The number of carbonyl (C=O) groups is 1. The van der Waals surface area contributed by atoms with E-state index in [0.29, 0.717) is 43.3 Å². The summed E-state index contributed by atoms with van der Waals surface area (Å²) in [5.41, 5.74) is 1.06. The number of halogens is 1. The second-order valence-electron chi connectivity index (χ2n) is 6.67. The first-order valence-electron chi connectivity index (χ1n) is 8.56. The Bertz CT molecular complexity index is 883. The quantitative estimate of drug-likeness (QED) is 0.905. The van der Waals surface area contributed by atoms with E-state index in [9.17, 15) is 14.0 Å². The Morgan fingerprint density at radius 3 is 2.56 bits per heavy atom. The molecule has 6 nitrogen and oxygen atoms in total. The molecule has 4 rings (SSSR count). The van der Waals surface area contributed by atoms with E-state index in [1.165, 1.54) is 12.1 Å². The summed E-state index contributed by atoms with van der Waals surface area (Å²) in [6.07, 6.45) is 3.95. The van der Waals surface area contributed by atoms with Crippen molar-refractivity contribution in [3.8, 4) is 0 Å². The monoisotopic (exact) mass is 345 g/mol. The van der Waals surface area contributed by atoms with E-state index in [2.05, 4.69) is 4.57 Å². The summed E-state index contributed by atoms with van der Waals surface area (Å²) in [7, 11) is 0. The van der Waals surface area contributed by atoms with Gasteiger partial charge in [-0.3, -0.25) is 9.59 Å². The third-order valence-corrected chi connectivity index (χ3v) is 5.04. The van der Waals surface area contributed by atoms with Crippen LogP contribution in [-0.4, -0.2) is 53.3 Å². The van der Waals surface area contributed by atoms with E-state index in [-0.39, 0.29) is 11.3 Å². The molecule has 132 valence electrons. The predicted molar refractivity (Wildman–Crippen MR) is 92.3 cm³/mol. The second-order valence-corrected chi connectivity index (χ2v) is 6.67. The minimum absolute atomic E-state index is 0.171. The molecule has 2 fully saturated rings. The lowest BCUT2D eigenvalue weighted by Gasteiger charge is -2.36. The van der Waals surface area contributed by atoms with Crippen LogP contribution in [0.5, 0.6) is 0 Å². The van der Waals surface area contributed by atoms with Gasteiger partial charge in [-0.1, -0.05) is 0 Å². The Morgan fingerprint density at radius 2 is 1.92 bits per heavy atom. The number of pyridine rings is 1. The molecule has 0 radical (unpaired) electrons. The molecule has 0 bridgehead atoms. The number of benzene rings is 1. The van der Waals surface area contributed by atoms with Crippen LogP contribution >= 0.6 is 0 Å². The van der Waals surface area contributed by atoms with Gasteiger partial charge in [0.05, 0.1) is 11.2 Å². The lowest BCUT2D eigenvalue weighted by atomic mass is 10.1. The lowest BCUT2D eigenvalue weighted by molar-refractivity contribution is -0.134. The van der Waals surface area contributed by atoms with Gasteiger partial charge >= 0.3 is 0 Å². The third kappa shape index (κ3) is 2.89. The first-order chi connectivity index (χ1) is 12.1. The Hall–Kier alpha value is -2.41. The van der Waals surface area contributed by atoms with Crippen molar-refractivity contribution in [2.45, 2.75) is 18.9 Å². The first-order valence-corrected chi connectivity index (χ1v) is 8.56. The fraction of sp³-hybridized carbons (Fsp3) is 0.444. The molecule has 1 amide bonds. The zero-order valence-electron chi connectivity index (χ0n) is 13.8. The van der Waals surface area contributed by atoms with E-state index < -0.39 is 12.4 Å². The van der Waals surface area contributed by atoms with Crippen LogP contribution in [0, 0.1) is 5.82 Å². The van der Waals surface area contributed by atoms with Crippen molar-refractivity contribution in [2.24, 2.45) is 0 Å². The van der Waals surface area contributed by atoms with Gasteiger partial charge in [-0.2, -0.15) is 0 Å². The molecule has 0 atom stereocenters. The SMILES string of the molecule is O=C(CO)N1CCN(c2cc3c(cc2F)c(=O)ccn3C2CC2)CC1. The van der Waals surface area contributed by atoms with Crippen LogP contribution in [-0.2, 0) is 4.79 Å². The third-order valence-electron chi connectivity index (χ3n) is 5.04. The number of rotatable bonds is 3. The molecule has 1 saturated heterocycles. The highest BCUT2D eigenvalue weighted by molar-refractivity contribution is 5.83. The van der Waals surface area contributed by atoms with Crippen molar-refractivity contribution >= 4 is 22.5 Å². The summed E-state index contributed by atoms with van der Waals surface area (Å²) < 4.78 is 16.7. The molecule has 0 spiro atoms. The first kappa shape index (κ1) is 16.1. The number of piperazine rings is 1. The van der Waals surface area contributed by atoms with Gasteiger partial charge in [0.1, 0.15) is 12.4 Å². The number of fused-ring (bicyclic) bond motifs is 1. The molecule has 25 heavy (non-hydrogen) atoms. The maximum absolute atomic E-state index is 14.6. The number of hydrogen-bond acceptors (Lipinski definition) is 4. The van der Waals surface area contributed by atoms with Crippen LogP contribution in [0.2, 0.25) is 0 Å². The number of amides is 1. The smallest absolute Gasteiger partial charge is 0.248 e. The maximum atomic E-state index is 14.6. The highest BCUT2D eigenvalue weighted by Gasteiger charge is 2.26. The number of hydrogen-bond donors (Lipinski definition) is 1. The average molecular weight is 345 g/mol. The standard InChI is InChI=1S/C18H20FN3O3/c19-14-9-13-15(22(12-1-2-12)4-3-17(13)24)10-16(14)20-5-7-21(8-6-20)18(25)11-23/h3-4,9-10,12,23H,1-2,5-8,11H2. The lowest BCUT2D eigenvalue weighted by Crippen LogP contribution is -2.49. The normalized spacial score (nSPS) is 18.0.